The van der Waals surface area contributed by atoms with Gasteiger partial charge in [0.25, 0.3) is 10.1 Å². The summed E-state index contributed by atoms with van der Waals surface area (Å²) in [4.78, 5) is 23.4. The lowest BCUT2D eigenvalue weighted by atomic mass is 9.78. The Hall–Kier alpha value is -1.15. The van der Waals surface area contributed by atoms with Crippen LogP contribution in [0, 0.1) is 5.41 Å². The molecule has 0 spiro atoms. The maximum Gasteiger partial charge on any atom is 0.319 e. The van der Waals surface area contributed by atoms with Crippen molar-refractivity contribution >= 4 is 22.0 Å². The molecule has 0 aromatic carbocycles. The molecule has 112 valence electrons. The summed E-state index contributed by atoms with van der Waals surface area (Å²) in [7, 11) is -4.17. The fourth-order valence-electron chi connectivity index (χ4n) is 1.98. The van der Waals surface area contributed by atoms with Crippen molar-refractivity contribution in [3.05, 3.63) is 0 Å². The van der Waals surface area contributed by atoms with Crippen molar-refractivity contribution in [1.82, 2.24) is 5.32 Å². The van der Waals surface area contributed by atoms with E-state index in [9.17, 15) is 23.1 Å². The molecule has 1 amide bonds. The average Bonchev–Trinajstić information content (AvgIpc) is 2.26. The third-order valence-corrected chi connectivity index (χ3v) is 3.56. The number of amides is 1. The van der Waals surface area contributed by atoms with Gasteiger partial charge in [-0.3, -0.25) is 14.1 Å². The van der Waals surface area contributed by atoms with Gasteiger partial charge in [0, 0.05) is 6.54 Å². The first kappa shape index (κ1) is 17.8. The highest BCUT2D eigenvalue weighted by molar-refractivity contribution is 7.85. The summed E-state index contributed by atoms with van der Waals surface area (Å²) in [5, 5.41) is 11.6. The van der Waals surface area contributed by atoms with E-state index in [1.54, 1.807) is 13.8 Å². The van der Waals surface area contributed by atoms with Crippen LogP contribution in [0.3, 0.4) is 0 Å². The molecule has 3 N–H and O–H groups in total. The van der Waals surface area contributed by atoms with Gasteiger partial charge in [0.1, 0.15) is 5.41 Å². The van der Waals surface area contributed by atoms with E-state index in [1.807, 2.05) is 0 Å². The van der Waals surface area contributed by atoms with Crippen LogP contribution in [0.4, 0.5) is 0 Å². The molecule has 0 saturated carbocycles. The normalized spacial score (nSPS) is 12.2. The van der Waals surface area contributed by atoms with Crippen LogP contribution in [-0.2, 0) is 19.7 Å². The van der Waals surface area contributed by atoms with E-state index in [0.29, 0.717) is 12.8 Å². The van der Waals surface area contributed by atoms with E-state index in [0.717, 1.165) is 0 Å². The van der Waals surface area contributed by atoms with E-state index < -0.39 is 33.2 Å². The summed E-state index contributed by atoms with van der Waals surface area (Å²) in [6, 6.07) is 0. The highest BCUT2D eigenvalue weighted by atomic mass is 32.2. The SMILES string of the molecule is CCCC(CCC)(C(=O)O)C(=O)NCCS(=O)(=O)O. The molecule has 0 unspecified atom stereocenters. The van der Waals surface area contributed by atoms with E-state index in [2.05, 4.69) is 5.32 Å². The Morgan fingerprint density at radius 2 is 1.63 bits per heavy atom. The van der Waals surface area contributed by atoms with Crippen molar-refractivity contribution in [3.63, 3.8) is 0 Å². The molecular formula is C11H21NO6S. The van der Waals surface area contributed by atoms with Crippen LogP contribution in [0.2, 0.25) is 0 Å². The van der Waals surface area contributed by atoms with Gasteiger partial charge in [-0.25, -0.2) is 0 Å². The minimum absolute atomic E-state index is 0.188. The van der Waals surface area contributed by atoms with Crippen LogP contribution >= 0.6 is 0 Å². The van der Waals surface area contributed by atoms with Crippen LogP contribution in [0.1, 0.15) is 39.5 Å². The van der Waals surface area contributed by atoms with Crippen molar-refractivity contribution in [2.24, 2.45) is 5.41 Å². The van der Waals surface area contributed by atoms with Gasteiger partial charge in [-0.1, -0.05) is 26.7 Å². The minimum atomic E-state index is -4.17. The second-order valence-electron chi connectivity index (χ2n) is 4.43. The lowest BCUT2D eigenvalue weighted by molar-refractivity contribution is -0.157. The summed E-state index contributed by atoms with van der Waals surface area (Å²) in [6.07, 6.45) is 1.43. The Balaban J connectivity index is 4.85. The Kier molecular flexibility index (Phi) is 6.99. The van der Waals surface area contributed by atoms with Crippen LogP contribution in [0.5, 0.6) is 0 Å². The Labute approximate surface area is 113 Å². The first-order valence-corrected chi connectivity index (χ1v) is 7.77. The molecule has 0 aromatic rings. The molecule has 0 radical (unpaired) electrons. The van der Waals surface area contributed by atoms with Crippen LogP contribution in [0.25, 0.3) is 0 Å². The Bertz CT molecular complexity index is 411. The van der Waals surface area contributed by atoms with Crippen molar-refractivity contribution in [2.75, 3.05) is 12.3 Å². The zero-order valence-electron chi connectivity index (χ0n) is 11.2. The molecule has 0 fully saturated rings. The number of hydrogen-bond acceptors (Lipinski definition) is 4. The van der Waals surface area contributed by atoms with Gasteiger partial charge in [0.05, 0.1) is 5.75 Å². The lowest BCUT2D eigenvalue weighted by Crippen LogP contribution is -2.47. The van der Waals surface area contributed by atoms with Gasteiger partial charge < -0.3 is 10.4 Å². The van der Waals surface area contributed by atoms with E-state index in [4.69, 9.17) is 4.55 Å². The lowest BCUT2D eigenvalue weighted by Gasteiger charge is -2.27. The summed E-state index contributed by atoms with van der Waals surface area (Å²) in [6.45, 7) is 3.25. The molecule has 0 bridgehead atoms. The third-order valence-electron chi connectivity index (χ3n) is 2.84. The minimum Gasteiger partial charge on any atom is -0.480 e. The van der Waals surface area contributed by atoms with Gasteiger partial charge in [-0.2, -0.15) is 8.42 Å². The van der Waals surface area contributed by atoms with Crippen LogP contribution in [0.15, 0.2) is 0 Å². The zero-order valence-corrected chi connectivity index (χ0v) is 12.0. The van der Waals surface area contributed by atoms with Crippen molar-refractivity contribution in [1.29, 1.82) is 0 Å². The highest BCUT2D eigenvalue weighted by Gasteiger charge is 2.44. The number of carbonyl (C=O) groups excluding carboxylic acids is 1. The molecule has 0 heterocycles. The first-order valence-electron chi connectivity index (χ1n) is 6.16. The second kappa shape index (κ2) is 7.44. The smallest absolute Gasteiger partial charge is 0.319 e. The van der Waals surface area contributed by atoms with Gasteiger partial charge >= 0.3 is 5.97 Å². The molecule has 0 atom stereocenters. The summed E-state index contributed by atoms with van der Waals surface area (Å²) in [5.74, 6) is -2.54. The van der Waals surface area contributed by atoms with E-state index in [-0.39, 0.29) is 19.4 Å². The molecule has 8 heteroatoms. The predicted molar refractivity (Wildman–Crippen MR) is 69.3 cm³/mol. The monoisotopic (exact) mass is 295 g/mol. The molecule has 0 rings (SSSR count). The average molecular weight is 295 g/mol. The molecule has 0 saturated heterocycles. The third kappa shape index (κ3) is 5.56. The number of carboxylic acids is 1. The molecule has 0 aliphatic heterocycles. The predicted octanol–water partition coefficient (Wildman–Crippen LogP) is 0.662. The van der Waals surface area contributed by atoms with Crippen LogP contribution in [-0.4, -0.2) is 42.3 Å². The maximum absolute atomic E-state index is 12.0. The topological polar surface area (TPSA) is 121 Å². The maximum atomic E-state index is 12.0. The number of rotatable bonds is 9. The number of aliphatic carboxylic acids is 1. The molecular weight excluding hydrogens is 274 g/mol. The number of carboxylic acid groups (broad SMARTS) is 1. The second-order valence-corrected chi connectivity index (χ2v) is 6.00. The summed E-state index contributed by atoms with van der Waals surface area (Å²) >= 11 is 0. The number of nitrogens with one attached hydrogen (secondary N) is 1. The molecule has 0 aliphatic carbocycles. The largest absolute Gasteiger partial charge is 0.480 e. The fraction of sp³-hybridized carbons (Fsp3) is 0.818. The summed E-state index contributed by atoms with van der Waals surface area (Å²) in [5.41, 5.74) is -1.53. The Morgan fingerprint density at radius 3 is 1.95 bits per heavy atom. The molecule has 0 aliphatic rings. The first-order chi connectivity index (χ1) is 8.69. The molecule has 7 nitrogen and oxygen atoms in total. The number of carbonyl (C=O) groups is 2. The fourth-order valence-corrected chi connectivity index (χ4v) is 2.34. The van der Waals surface area contributed by atoms with Gasteiger partial charge in [0.15, 0.2) is 0 Å². The van der Waals surface area contributed by atoms with Gasteiger partial charge in [-0.05, 0) is 12.8 Å². The zero-order chi connectivity index (χ0) is 15.1. The highest BCUT2D eigenvalue weighted by Crippen LogP contribution is 2.30. The van der Waals surface area contributed by atoms with Gasteiger partial charge in [-0.15, -0.1) is 0 Å². The standard InChI is InChI=1S/C11H21NO6S/c1-3-5-11(6-4-2,10(14)15)9(13)12-7-8-19(16,17)18/h3-8H2,1-2H3,(H,12,13)(H,14,15)(H,16,17,18). The summed E-state index contributed by atoms with van der Waals surface area (Å²) < 4.78 is 29.6. The quantitative estimate of drug-likeness (QED) is 0.424. The van der Waals surface area contributed by atoms with Crippen molar-refractivity contribution < 1.29 is 27.7 Å². The van der Waals surface area contributed by atoms with Crippen LogP contribution < -0.4 is 5.32 Å². The van der Waals surface area contributed by atoms with Crippen molar-refractivity contribution in [3.8, 4) is 0 Å². The van der Waals surface area contributed by atoms with E-state index >= 15 is 0 Å². The van der Waals surface area contributed by atoms with Gasteiger partial charge in [0.2, 0.25) is 5.91 Å². The van der Waals surface area contributed by atoms with Crippen molar-refractivity contribution in [2.45, 2.75) is 39.5 Å². The van der Waals surface area contributed by atoms with E-state index in [1.165, 1.54) is 0 Å². The Morgan fingerprint density at radius 1 is 1.16 bits per heavy atom. The molecule has 0 aromatic heterocycles. The molecule has 19 heavy (non-hydrogen) atoms. The number of hydrogen-bond donors (Lipinski definition) is 3.